The van der Waals surface area contributed by atoms with Crippen LogP contribution in [0, 0.1) is 0 Å². The van der Waals surface area contributed by atoms with E-state index >= 15 is 0 Å². The van der Waals surface area contributed by atoms with E-state index in [-0.39, 0.29) is 12.1 Å². The lowest BCUT2D eigenvalue weighted by atomic mass is 10.1. The fourth-order valence-corrected chi connectivity index (χ4v) is 2.23. The second kappa shape index (κ2) is 7.48. The van der Waals surface area contributed by atoms with Crippen LogP contribution >= 0.6 is 0 Å². The average molecular weight is 325 g/mol. The molecule has 0 aliphatic carbocycles. The molecule has 0 saturated heterocycles. The van der Waals surface area contributed by atoms with Crippen molar-refractivity contribution in [3.63, 3.8) is 0 Å². The normalized spacial score (nSPS) is 12.9. The van der Waals surface area contributed by atoms with Crippen LogP contribution in [0.1, 0.15) is 22.8 Å². The molecule has 0 bridgehead atoms. The number of ether oxygens (including phenoxy) is 1. The smallest absolute Gasteiger partial charge is 0.416 e. The molecule has 0 unspecified atom stereocenters. The number of rotatable bonds is 6. The molecule has 0 spiro atoms. The standard InChI is InChI=1S/C17H18F3NO2/c1-23-16-8-3-2-5-13(16)10-21-11-15(22)12-6-4-7-14(9-12)17(18,19)20/h2-9,15,21-22H,10-11H2,1H3/t15-/m0/s1. The Hall–Kier alpha value is -2.05. The van der Waals surface area contributed by atoms with Crippen LogP contribution in [-0.2, 0) is 12.7 Å². The first kappa shape index (κ1) is 17.3. The summed E-state index contributed by atoms with van der Waals surface area (Å²) in [5, 5.41) is 13.1. The van der Waals surface area contributed by atoms with Gasteiger partial charge >= 0.3 is 6.18 Å². The van der Waals surface area contributed by atoms with Gasteiger partial charge in [-0.15, -0.1) is 0 Å². The Morgan fingerprint density at radius 3 is 2.57 bits per heavy atom. The molecule has 0 radical (unpaired) electrons. The Kier molecular flexibility index (Phi) is 5.63. The second-order valence-corrected chi connectivity index (χ2v) is 5.08. The van der Waals surface area contributed by atoms with E-state index in [1.54, 1.807) is 7.11 Å². The van der Waals surface area contributed by atoms with Crippen molar-refractivity contribution in [2.75, 3.05) is 13.7 Å². The molecule has 23 heavy (non-hydrogen) atoms. The van der Waals surface area contributed by atoms with Gasteiger partial charge in [0.1, 0.15) is 5.75 Å². The number of alkyl halides is 3. The molecule has 3 nitrogen and oxygen atoms in total. The fraction of sp³-hybridized carbons (Fsp3) is 0.294. The minimum Gasteiger partial charge on any atom is -0.496 e. The minimum absolute atomic E-state index is 0.138. The molecule has 0 fully saturated rings. The number of halogens is 3. The number of hydrogen-bond donors (Lipinski definition) is 2. The first-order valence-corrected chi connectivity index (χ1v) is 7.09. The predicted molar refractivity (Wildman–Crippen MR) is 81.1 cm³/mol. The summed E-state index contributed by atoms with van der Waals surface area (Å²) in [7, 11) is 1.57. The third-order valence-electron chi connectivity index (χ3n) is 3.44. The highest BCUT2D eigenvalue weighted by molar-refractivity contribution is 5.33. The van der Waals surface area contributed by atoms with Crippen LogP contribution in [-0.4, -0.2) is 18.8 Å². The number of benzene rings is 2. The van der Waals surface area contributed by atoms with Crippen LogP contribution in [0.15, 0.2) is 48.5 Å². The van der Waals surface area contributed by atoms with Gasteiger partial charge in [0.05, 0.1) is 18.8 Å². The second-order valence-electron chi connectivity index (χ2n) is 5.08. The molecule has 6 heteroatoms. The summed E-state index contributed by atoms with van der Waals surface area (Å²) in [4.78, 5) is 0. The first-order chi connectivity index (χ1) is 10.9. The maximum absolute atomic E-state index is 12.7. The third-order valence-corrected chi connectivity index (χ3v) is 3.44. The van der Waals surface area contributed by atoms with Crippen molar-refractivity contribution in [3.05, 3.63) is 65.2 Å². The van der Waals surface area contributed by atoms with Crippen LogP contribution < -0.4 is 10.1 Å². The average Bonchev–Trinajstić information content (AvgIpc) is 2.54. The van der Waals surface area contributed by atoms with Crippen LogP contribution in [0.2, 0.25) is 0 Å². The van der Waals surface area contributed by atoms with Gasteiger partial charge in [0, 0.05) is 18.7 Å². The van der Waals surface area contributed by atoms with Gasteiger partial charge < -0.3 is 15.2 Å². The highest BCUT2D eigenvalue weighted by Gasteiger charge is 2.30. The van der Waals surface area contributed by atoms with Crippen molar-refractivity contribution in [1.29, 1.82) is 0 Å². The summed E-state index contributed by atoms with van der Waals surface area (Å²) in [6.07, 6.45) is -5.44. The molecular weight excluding hydrogens is 307 g/mol. The van der Waals surface area contributed by atoms with E-state index in [1.165, 1.54) is 12.1 Å². The van der Waals surface area contributed by atoms with Gasteiger partial charge in [0.25, 0.3) is 0 Å². The van der Waals surface area contributed by atoms with E-state index in [0.29, 0.717) is 12.3 Å². The number of methoxy groups -OCH3 is 1. The summed E-state index contributed by atoms with van der Waals surface area (Å²) < 4.78 is 43.2. The van der Waals surface area contributed by atoms with Crippen molar-refractivity contribution in [3.8, 4) is 5.75 Å². The number of aliphatic hydroxyl groups is 1. The van der Waals surface area contributed by atoms with Crippen molar-refractivity contribution < 1.29 is 23.0 Å². The fourth-order valence-electron chi connectivity index (χ4n) is 2.23. The van der Waals surface area contributed by atoms with Crippen molar-refractivity contribution >= 4 is 0 Å². The summed E-state index contributed by atoms with van der Waals surface area (Å²) in [5.74, 6) is 0.716. The molecule has 0 amide bonds. The van der Waals surface area contributed by atoms with E-state index in [0.717, 1.165) is 17.7 Å². The Bertz CT molecular complexity index is 644. The Morgan fingerprint density at radius 2 is 1.87 bits per heavy atom. The summed E-state index contributed by atoms with van der Waals surface area (Å²) in [6, 6.07) is 12.1. The lowest BCUT2D eigenvalue weighted by Crippen LogP contribution is -2.21. The van der Waals surface area contributed by atoms with Crippen LogP contribution in [0.4, 0.5) is 13.2 Å². The van der Waals surface area contributed by atoms with Crippen LogP contribution in [0.3, 0.4) is 0 Å². The van der Waals surface area contributed by atoms with E-state index in [1.807, 2.05) is 24.3 Å². The van der Waals surface area contributed by atoms with Gasteiger partial charge in [-0.1, -0.05) is 30.3 Å². The molecule has 0 heterocycles. The summed E-state index contributed by atoms with van der Waals surface area (Å²) in [6.45, 7) is 0.583. The van der Waals surface area contributed by atoms with Crippen LogP contribution in [0.5, 0.6) is 5.75 Å². The maximum Gasteiger partial charge on any atom is 0.416 e. The predicted octanol–water partition coefficient (Wildman–Crippen LogP) is 3.54. The summed E-state index contributed by atoms with van der Waals surface area (Å²) in [5.41, 5.74) is 0.373. The molecule has 2 N–H and O–H groups in total. The Morgan fingerprint density at radius 1 is 1.13 bits per heavy atom. The van der Waals surface area contributed by atoms with Gasteiger partial charge in [0.15, 0.2) is 0 Å². The van der Waals surface area contributed by atoms with Gasteiger partial charge in [-0.25, -0.2) is 0 Å². The maximum atomic E-state index is 12.7. The van der Waals surface area contributed by atoms with E-state index in [4.69, 9.17) is 4.74 Å². The first-order valence-electron chi connectivity index (χ1n) is 7.09. The highest BCUT2D eigenvalue weighted by Crippen LogP contribution is 2.30. The van der Waals surface area contributed by atoms with Crippen molar-refractivity contribution in [1.82, 2.24) is 5.32 Å². The zero-order valence-corrected chi connectivity index (χ0v) is 12.6. The molecule has 0 saturated carbocycles. The lowest BCUT2D eigenvalue weighted by molar-refractivity contribution is -0.137. The molecular formula is C17H18F3NO2. The monoisotopic (exact) mass is 325 g/mol. The third kappa shape index (κ3) is 4.71. The zero-order valence-electron chi connectivity index (χ0n) is 12.6. The highest BCUT2D eigenvalue weighted by atomic mass is 19.4. The quantitative estimate of drug-likeness (QED) is 0.854. The molecule has 0 aliphatic rings. The summed E-state index contributed by atoms with van der Waals surface area (Å²) >= 11 is 0. The minimum atomic E-state index is -4.42. The molecule has 124 valence electrons. The number of para-hydroxylation sites is 1. The van der Waals surface area contributed by atoms with Crippen molar-refractivity contribution in [2.45, 2.75) is 18.8 Å². The molecule has 0 aliphatic heterocycles. The molecule has 1 atom stereocenters. The topological polar surface area (TPSA) is 41.5 Å². The molecule has 2 rings (SSSR count). The molecule has 0 aromatic heterocycles. The van der Waals surface area contributed by atoms with E-state index in [2.05, 4.69) is 5.32 Å². The Balaban J connectivity index is 1.96. The SMILES string of the molecule is COc1ccccc1CNC[C@H](O)c1cccc(C(F)(F)F)c1. The van der Waals surface area contributed by atoms with E-state index in [9.17, 15) is 18.3 Å². The van der Waals surface area contributed by atoms with Gasteiger partial charge in [0.2, 0.25) is 0 Å². The zero-order chi connectivity index (χ0) is 16.9. The molecule has 2 aromatic carbocycles. The lowest BCUT2D eigenvalue weighted by Gasteiger charge is -2.15. The number of nitrogens with one attached hydrogen (secondary N) is 1. The largest absolute Gasteiger partial charge is 0.496 e. The Labute approximate surface area is 132 Å². The molecule has 2 aromatic rings. The number of hydrogen-bond acceptors (Lipinski definition) is 3. The van der Waals surface area contributed by atoms with Crippen molar-refractivity contribution in [2.24, 2.45) is 0 Å². The van der Waals surface area contributed by atoms with E-state index < -0.39 is 17.8 Å². The van der Waals surface area contributed by atoms with Crippen LogP contribution in [0.25, 0.3) is 0 Å². The number of aliphatic hydroxyl groups excluding tert-OH is 1. The van der Waals surface area contributed by atoms with Gasteiger partial charge in [-0.3, -0.25) is 0 Å². The van der Waals surface area contributed by atoms with Gasteiger partial charge in [-0.05, 0) is 23.8 Å². The van der Waals surface area contributed by atoms with Gasteiger partial charge in [-0.2, -0.15) is 13.2 Å².